The summed E-state index contributed by atoms with van der Waals surface area (Å²) in [7, 11) is 0. The summed E-state index contributed by atoms with van der Waals surface area (Å²) in [5.41, 5.74) is 0.597. The van der Waals surface area contributed by atoms with Crippen LogP contribution in [-0.2, 0) is 4.74 Å². The zero-order valence-electron chi connectivity index (χ0n) is 11.7. The fraction of sp³-hybridized carbons (Fsp3) is 0.533. The lowest BCUT2D eigenvalue weighted by molar-refractivity contribution is 0.0169. The minimum absolute atomic E-state index is 0.0730. The van der Waals surface area contributed by atoms with Crippen molar-refractivity contribution in [2.45, 2.75) is 32.3 Å². The Morgan fingerprint density at radius 2 is 2.30 bits per heavy atom. The third kappa shape index (κ3) is 3.70. The standard InChI is InChI=1S/C15H21FN2O2/c1-2-17-14-12(7-5-8-13(14)16)15(19)18-10-11-6-3-4-9-20-11/h5,7-8,11,17H,2-4,6,9-10H2,1H3,(H,18,19). The quantitative estimate of drug-likeness (QED) is 0.871. The lowest BCUT2D eigenvalue weighted by Gasteiger charge is -2.23. The summed E-state index contributed by atoms with van der Waals surface area (Å²) < 4.78 is 19.3. The van der Waals surface area contributed by atoms with Crippen LogP contribution in [0.15, 0.2) is 18.2 Å². The largest absolute Gasteiger partial charge is 0.382 e. The molecule has 110 valence electrons. The summed E-state index contributed by atoms with van der Waals surface area (Å²) in [5, 5.41) is 5.72. The van der Waals surface area contributed by atoms with Crippen LogP contribution in [0.5, 0.6) is 0 Å². The summed E-state index contributed by atoms with van der Waals surface area (Å²) in [6, 6.07) is 4.51. The number of anilines is 1. The third-order valence-corrected chi connectivity index (χ3v) is 3.38. The van der Waals surface area contributed by atoms with Gasteiger partial charge in [-0.3, -0.25) is 4.79 Å². The molecule has 1 amide bonds. The Balaban J connectivity index is 1.99. The fourth-order valence-electron chi connectivity index (χ4n) is 2.34. The predicted molar refractivity (Wildman–Crippen MR) is 76.5 cm³/mol. The molecule has 1 atom stereocenters. The minimum Gasteiger partial charge on any atom is -0.382 e. The molecule has 2 N–H and O–H groups in total. The van der Waals surface area contributed by atoms with E-state index in [-0.39, 0.29) is 17.7 Å². The number of amides is 1. The van der Waals surface area contributed by atoms with Gasteiger partial charge in [-0.05, 0) is 38.3 Å². The first-order chi connectivity index (χ1) is 9.72. The molecular formula is C15H21FN2O2. The van der Waals surface area contributed by atoms with Crippen molar-refractivity contribution in [3.8, 4) is 0 Å². The molecule has 0 aromatic heterocycles. The molecule has 1 heterocycles. The number of rotatable bonds is 5. The highest BCUT2D eigenvalue weighted by atomic mass is 19.1. The normalized spacial score (nSPS) is 18.6. The van der Waals surface area contributed by atoms with Gasteiger partial charge in [0.25, 0.3) is 5.91 Å². The van der Waals surface area contributed by atoms with Gasteiger partial charge in [0.1, 0.15) is 5.82 Å². The van der Waals surface area contributed by atoms with E-state index in [9.17, 15) is 9.18 Å². The van der Waals surface area contributed by atoms with E-state index in [0.29, 0.717) is 18.7 Å². The lowest BCUT2D eigenvalue weighted by atomic mass is 10.1. The van der Waals surface area contributed by atoms with E-state index < -0.39 is 5.82 Å². The van der Waals surface area contributed by atoms with Crippen LogP contribution in [0.4, 0.5) is 10.1 Å². The van der Waals surface area contributed by atoms with E-state index in [1.807, 2.05) is 6.92 Å². The second-order valence-corrected chi connectivity index (χ2v) is 4.89. The summed E-state index contributed by atoms with van der Waals surface area (Å²) >= 11 is 0. The van der Waals surface area contributed by atoms with Crippen LogP contribution >= 0.6 is 0 Å². The molecular weight excluding hydrogens is 259 g/mol. The molecule has 0 bridgehead atoms. The number of ether oxygens (including phenoxy) is 1. The summed E-state index contributed by atoms with van der Waals surface area (Å²) in [6.45, 7) is 3.65. The molecule has 4 nitrogen and oxygen atoms in total. The Hall–Kier alpha value is -1.62. The van der Waals surface area contributed by atoms with Crippen molar-refractivity contribution >= 4 is 11.6 Å². The van der Waals surface area contributed by atoms with Crippen LogP contribution in [0.1, 0.15) is 36.5 Å². The van der Waals surface area contributed by atoms with Gasteiger partial charge in [-0.25, -0.2) is 4.39 Å². The third-order valence-electron chi connectivity index (χ3n) is 3.38. The van der Waals surface area contributed by atoms with Gasteiger partial charge in [0.05, 0.1) is 17.4 Å². The number of hydrogen-bond donors (Lipinski definition) is 2. The first kappa shape index (κ1) is 14.8. The molecule has 0 aliphatic carbocycles. The average molecular weight is 280 g/mol. The number of para-hydroxylation sites is 1. The molecule has 0 saturated carbocycles. The molecule has 1 aromatic rings. The Morgan fingerprint density at radius 1 is 1.45 bits per heavy atom. The SMILES string of the molecule is CCNc1c(F)cccc1C(=O)NCC1CCCCO1. The summed E-state index contributed by atoms with van der Waals surface area (Å²) in [6.07, 6.45) is 3.25. The Labute approximate surface area is 118 Å². The topological polar surface area (TPSA) is 50.4 Å². The fourth-order valence-corrected chi connectivity index (χ4v) is 2.34. The maximum Gasteiger partial charge on any atom is 0.253 e. The molecule has 0 radical (unpaired) electrons. The van der Waals surface area contributed by atoms with Crippen LogP contribution in [-0.4, -0.2) is 31.7 Å². The van der Waals surface area contributed by atoms with Crippen LogP contribution < -0.4 is 10.6 Å². The molecule has 5 heteroatoms. The first-order valence-electron chi connectivity index (χ1n) is 7.14. The Morgan fingerprint density at radius 3 is 3.00 bits per heavy atom. The monoisotopic (exact) mass is 280 g/mol. The molecule has 1 aliphatic rings. The summed E-state index contributed by atoms with van der Waals surface area (Å²) in [5.74, 6) is -0.678. The zero-order chi connectivity index (χ0) is 14.4. The van der Waals surface area contributed by atoms with Crippen molar-refractivity contribution in [1.29, 1.82) is 0 Å². The molecule has 1 fully saturated rings. The van der Waals surface area contributed by atoms with Gasteiger partial charge in [0, 0.05) is 19.7 Å². The van der Waals surface area contributed by atoms with E-state index in [4.69, 9.17) is 4.74 Å². The molecule has 0 spiro atoms. The van der Waals surface area contributed by atoms with Gasteiger partial charge in [-0.1, -0.05) is 6.07 Å². The number of carbonyl (C=O) groups is 1. The highest BCUT2D eigenvalue weighted by Crippen LogP contribution is 2.20. The van der Waals surface area contributed by atoms with E-state index in [1.54, 1.807) is 12.1 Å². The van der Waals surface area contributed by atoms with Crippen LogP contribution in [0.25, 0.3) is 0 Å². The molecule has 1 aliphatic heterocycles. The molecule has 20 heavy (non-hydrogen) atoms. The van der Waals surface area contributed by atoms with Gasteiger partial charge in [-0.15, -0.1) is 0 Å². The van der Waals surface area contributed by atoms with E-state index in [0.717, 1.165) is 25.9 Å². The highest BCUT2D eigenvalue weighted by Gasteiger charge is 2.18. The number of carbonyl (C=O) groups excluding carboxylic acids is 1. The zero-order valence-corrected chi connectivity index (χ0v) is 11.7. The van der Waals surface area contributed by atoms with E-state index >= 15 is 0 Å². The Bertz CT molecular complexity index is 459. The van der Waals surface area contributed by atoms with Crippen molar-refractivity contribution in [2.75, 3.05) is 25.0 Å². The van der Waals surface area contributed by atoms with E-state index in [1.165, 1.54) is 6.07 Å². The lowest BCUT2D eigenvalue weighted by Crippen LogP contribution is -2.35. The highest BCUT2D eigenvalue weighted by molar-refractivity contribution is 5.99. The van der Waals surface area contributed by atoms with Crippen molar-refractivity contribution < 1.29 is 13.9 Å². The van der Waals surface area contributed by atoms with Crippen LogP contribution in [0.2, 0.25) is 0 Å². The number of nitrogens with one attached hydrogen (secondary N) is 2. The van der Waals surface area contributed by atoms with Crippen LogP contribution in [0, 0.1) is 5.82 Å². The smallest absolute Gasteiger partial charge is 0.253 e. The van der Waals surface area contributed by atoms with Crippen LogP contribution in [0.3, 0.4) is 0 Å². The second kappa shape index (κ2) is 7.24. The minimum atomic E-state index is -0.409. The van der Waals surface area contributed by atoms with E-state index in [2.05, 4.69) is 10.6 Å². The van der Waals surface area contributed by atoms with Crippen molar-refractivity contribution in [1.82, 2.24) is 5.32 Å². The number of benzene rings is 1. The van der Waals surface area contributed by atoms with Gasteiger partial charge >= 0.3 is 0 Å². The van der Waals surface area contributed by atoms with Gasteiger partial charge in [0.2, 0.25) is 0 Å². The molecule has 1 unspecified atom stereocenters. The maximum absolute atomic E-state index is 13.7. The molecule has 1 saturated heterocycles. The molecule has 1 aromatic carbocycles. The predicted octanol–water partition coefficient (Wildman–Crippen LogP) is 2.56. The number of halogens is 1. The maximum atomic E-state index is 13.7. The summed E-state index contributed by atoms with van der Waals surface area (Å²) in [4.78, 5) is 12.2. The van der Waals surface area contributed by atoms with Gasteiger partial charge in [-0.2, -0.15) is 0 Å². The average Bonchev–Trinajstić information content (AvgIpc) is 2.48. The van der Waals surface area contributed by atoms with Gasteiger partial charge < -0.3 is 15.4 Å². The second-order valence-electron chi connectivity index (χ2n) is 4.89. The van der Waals surface area contributed by atoms with Crippen molar-refractivity contribution in [3.63, 3.8) is 0 Å². The number of hydrogen-bond acceptors (Lipinski definition) is 3. The van der Waals surface area contributed by atoms with Crippen molar-refractivity contribution in [2.24, 2.45) is 0 Å². The van der Waals surface area contributed by atoms with Gasteiger partial charge in [0.15, 0.2) is 0 Å². The molecule has 2 rings (SSSR count). The first-order valence-corrected chi connectivity index (χ1v) is 7.14. The van der Waals surface area contributed by atoms with Crippen molar-refractivity contribution in [3.05, 3.63) is 29.6 Å². The Kier molecular flexibility index (Phi) is 5.35.